The Bertz CT molecular complexity index is 606. The van der Waals surface area contributed by atoms with Crippen molar-refractivity contribution in [1.29, 1.82) is 0 Å². The summed E-state index contributed by atoms with van der Waals surface area (Å²) in [7, 11) is 1.43. The standard InChI is InChI=1S/C12H16N2O2.C2HF3O2/c1-16-11(15)9-3-4-10-12(5-2-6-12)13-7-8-14(9)10;3-2(4,5)1(6)7/h3-4,13H,2,5-8H2,1H3;(H,6,7). The second-order valence-corrected chi connectivity index (χ2v) is 5.41. The number of carbonyl (C=O) groups excluding carboxylic acids is 1. The van der Waals surface area contributed by atoms with E-state index in [0.29, 0.717) is 5.69 Å². The van der Waals surface area contributed by atoms with Crippen LogP contribution in [0.25, 0.3) is 0 Å². The first-order chi connectivity index (χ1) is 10.7. The monoisotopic (exact) mass is 334 g/mol. The van der Waals surface area contributed by atoms with E-state index in [9.17, 15) is 18.0 Å². The Morgan fingerprint density at radius 2 is 1.96 bits per heavy atom. The minimum atomic E-state index is -5.08. The van der Waals surface area contributed by atoms with E-state index in [1.165, 1.54) is 32.1 Å². The number of rotatable bonds is 1. The number of nitrogens with zero attached hydrogens (tertiary/aromatic N) is 1. The molecule has 2 heterocycles. The van der Waals surface area contributed by atoms with Crippen LogP contribution < -0.4 is 5.32 Å². The molecule has 2 aliphatic rings. The van der Waals surface area contributed by atoms with Gasteiger partial charge in [0, 0.05) is 18.8 Å². The molecule has 1 aromatic heterocycles. The highest BCUT2D eigenvalue weighted by Gasteiger charge is 2.43. The van der Waals surface area contributed by atoms with Crippen molar-refractivity contribution in [2.24, 2.45) is 0 Å². The smallest absolute Gasteiger partial charge is 0.475 e. The van der Waals surface area contributed by atoms with Crippen LogP contribution in [0.1, 0.15) is 35.4 Å². The summed E-state index contributed by atoms with van der Waals surface area (Å²) in [5.74, 6) is -2.99. The molecule has 1 fully saturated rings. The SMILES string of the molecule is COC(=O)c1ccc2n1CCNC21CCC1.O=C(O)C(F)(F)F. The van der Waals surface area contributed by atoms with Crippen LogP contribution in [0.3, 0.4) is 0 Å². The molecule has 0 saturated heterocycles. The molecule has 2 N–H and O–H groups in total. The number of halogens is 3. The molecule has 1 saturated carbocycles. The normalized spacial score (nSPS) is 18.3. The van der Waals surface area contributed by atoms with Crippen LogP contribution in [0.4, 0.5) is 13.2 Å². The number of ether oxygens (including phenoxy) is 1. The summed E-state index contributed by atoms with van der Waals surface area (Å²) in [6.45, 7) is 1.79. The van der Waals surface area contributed by atoms with Gasteiger partial charge in [-0.05, 0) is 31.4 Å². The van der Waals surface area contributed by atoms with E-state index in [2.05, 4.69) is 16.0 Å². The minimum Gasteiger partial charge on any atom is -0.475 e. The van der Waals surface area contributed by atoms with Crippen molar-refractivity contribution in [2.45, 2.75) is 37.5 Å². The first kappa shape index (κ1) is 17.3. The van der Waals surface area contributed by atoms with Gasteiger partial charge >= 0.3 is 18.1 Å². The Morgan fingerprint density at radius 1 is 1.35 bits per heavy atom. The lowest BCUT2D eigenvalue weighted by Gasteiger charge is -2.46. The van der Waals surface area contributed by atoms with Gasteiger partial charge in [0.2, 0.25) is 0 Å². The molecule has 0 atom stereocenters. The van der Waals surface area contributed by atoms with Gasteiger partial charge < -0.3 is 19.7 Å². The maximum Gasteiger partial charge on any atom is 0.490 e. The van der Waals surface area contributed by atoms with Crippen molar-refractivity contribution in [1.82, 2.24) is 9.88 Å². The van der Waals surface area contributed by atoms with Crippen molar-refractivity contribution < 1.29 is 32.6 Å². The summed E-state index contributed by atoms with van der Waals surface area (Å²) in [4.78, 5) is 20.5. The van der Waals surface area contributed by atoms with Gasteiger partial charge in [-0.1, -0.05) is 0 Å². The topological polar surface area (TPSA) is 80.6 Å². The number of aromatic nitrogens is 1. The van der Waals surface area contributed by atoms with Crippen molar-refractivity contribution in [3.63, 3.8) is 0 Å². The number of carbonyl (C=O) groups is 2. The van der Waals surface area contributed by atoms with E-state index < -0.39 is 12.1 Å². The summed E-state index contributed by atoms with van der Waals surface area (Å²) >= 11 is 0. The summed E-state index contributed by atoms with van der Waals surface area (Å²) in [6.07, 6.45) is -1.46. The number of carboxylic acid groups (broad SMARTS) is 1. The second kappa shape index (κ2) is 6.23. The predicted molar refractivity (Wildman–Crippen MR) is 73.0 cm³/mol. The molecule has 1 aliphatic heterocycles. The number of aliphatic carboxylic acids is 1. The van der Waals surface area contributed by atoms with E-state index >= 15 is 0 Å². The lowest BCUT2D eigenvalue weighted by molar-refractivity contribution is -0.192. The number of carboxylic acids is 1. The molecular weight excluding hydrogens is 317 g/mol. The van der Waals surface area contributed by atoms with Crippen LogP contribution in [0.5, 0.6) is 0 Å². The first-order valence-corrected chi connectivity index (χ1v) is 7.05. The fourth-order valence-electron chi connectivity index (χ4n) is 2.87. The Kier molecular flexibility index (Phi) is 4.69. The van der Waals surface area contributed by atoms with E-state index in [-0.39, 0.29) is 11.5 Å². The van der Waals surface area contributed by atoms with Crippen molar-refractivity contribution in [2.75, 3.05) is 13.7 Å². The molecular formula is C14H17F3N2O4. The van der Waals surface area contributed by atoms with Gasteiger partial charge in [-0.15, -0.1) is 0 Å². The highest BCUT2D eigenvalue weighted by Crippen LogP contribution is 2.43. The second-order valence-electron chi connectivity index (χ2n) is 5.41. The van der Waals surface area contributed by atoms with Gasteiger partial charge in [0.1, 0.15) is 5.69 Å². The lowest BCUT2D eigenvalue weighted by Crippen LogP contribution is -2.53. The average Bonchev–Trinajstić information content (AvgIpc) is 2.88. The maximum absolute atomic E-state index is 11.6. The number of alkyl halides is 3. The summed E-state index contributed by atoms with van der Waals surface area (Å²) in [5, 5.41) is 10.7. The number of nitrogens with one attached hydrogen (secondary N) is 1. The molecule has 3 rings (SSSR count). The zero-order chi connectivity index (χ0) is 17.3. The zero-order valence-corrected chi connectivity index (χ0v) is 12.4. The third kappa shape index (κ3) is 3.34. The highest BCUT2D eigenvalue weighted by molar-refractivity contribution is 5.88. The molecule has 1 aliphatic carbocycles. The Morgan fingerprint density at radius 3 is 2.39 bits per heavy atom. The van der Waals surface area contributed by atoms with E-state index in [4.69, 9.17) is 14.6 Å². The van der Waals surface area contributed by atoms with Gasteiger partial charge in [-0.2, -0.15) is 13.2 Å². The number of esters is 1. The van der Waals surface area contributed by atoms with Gasteiger partial charge in [0.25, 0.3) is 0 Å². The molecule has 0 aromatic carbocycles. The Labute approximate surface area is 130 Å². The van der Waals surface area contributed by atoms with Crippen LogP contribution in [-0.4, -0.2) is 41.4 Å². The molecule has 0 radical (unpaired) electrons. The largest absolute Gasteiger partial charge is 0.490 e. The van der Waals surface area contributed by atoms with Crippen LogP contribution >= 0.6 is 0 Å². The van der Waals surface area contributed by atoms with Crippen molar-refractivity contribution in [3.8, 4) is 0 Å². The molecule has 0 amide bonds. The van der Waals surface area contributed by atoms with Gasteiger partial charge in [-0.25, -0.2) is 9.59 Å². The Hall–Kier alpha value is -2.03. The molecule has 0 bridgehead atoms. The summed E-state index contributed by atoms with van der Waals surface area (Å²) < 4.78 is 38.6. The van der Waals surface area contributed by atoms with Crippen LogP contribution in [-0.2, 0) is 21.6 Å². The number of hydrogen-bond acceptors (Lipinski definition) is 4. The third-order valence-corrected chi connectivity index (χ3v) is 4.11. The van der Waals surface area contributed by atoms with Crippen LogP contribution in [0.15, 0.2) is 12.1 Å². The highest BCUT2D eigenvalue weighted by atomic mass is 19.4. The van der Waals surface area contributed by atoms with Gasteiger partial charge in [0.15, 0.2) is 0 Å². The van der Waals surface area contributed by atoms with E-state index in [1.54, 1.807) is 0 Å². The number of methoxy groups -OCH3 is 1. The molecule has 1 spiro atoms. The molecule has 9 heteroatoms. The van der Waals surface area contributed by atoms with Crippen LogP contribution in [0.2, 0.25) is 0 Å². The molecule has 128 valence electrons. The number of fused-ring (bicyclic) bond motifs is 2. The fourth-order valence-corrected chi connectivity index (χ4v) is 2.87. The Balaban J connectivity index is 0.000000236. The van der Waals surface area contributed by atoms with Gasteiger partial charge in [-0.3, -0.25) is 0 Å². The molecule has 1 aromatic rings. The average molecular weight is 334 g/mol. The fraction of sp³-hybridized carbons (Fsp3) is 0.571. The predicted octanol–water partition coefficient (Wildman–Crippen LogP) is 1.89. The molecule has 23 heavy (non-hydrogen) atoms. The van der Waals surface area contributed by atoms with Crippen molar-refractivity contribution in [3.05, 3.63) is 23.5 Å². The van der Waals surface area contributed by atoms with Gasteiger partial charge in [0.05, 0.1) is 12.6 Å². The third-order valence-electron chi connectivity index (χ3n) is 4.11. The first-order valence-electron chi connectivity index (χ1n) is 7.05. The summed E-state index contributed by atoms with van der Waals surface area (Å²) in [6, 6.07) is 3.95. The van der Waals surface area contributed by atoms with E-state index in [1.807, 2.05) is 6.07 Å². The summed E-state index contributed by atoms with van der Waals surface area (Å²) in [5.41, 5.74) is 2.08. The lowest BCUT2D eigenvalue weighted by atomic mass is 9.73. The maximum atomic E-state index is 11.6. The quantitative estimate of drug-likeness (QED) is 0.767. The van der Waals surface area contributed by atoms with E-state index in [0.717, 1.165) is 13.1 Å². The van der Waals surface area contributed by atoms with Crippen LogP contribution in [0, 0.1) is 0 Å². The molecule has 6 nitrogen and oxygen atoms in total. The van der Waals surface area contributed by atoms with Crippen molar-refractivity contribution >= 4 is 11.9 Å². The minimum absolute atomic E-state index is 0.143. The number of hydrogen-bond donors (Lipinski definition) is 2. The molecule has 0 unspecified atom stereocenters. The zero-order valence-electron chi connectivity index (χ0n) is 12.4.